The number of methoxy groups -OCH3 is 1. The topological polar surface area (TPSA) is 99.0 Å². The van der Waals surface area contributed by atoms with E-state index in [-0.39, 0.29) is 42.1 Å². The number of carboxylic acid groups (broad SMARTS) is 1. The minimum absolute atomic E-state index is 0.0168. The Morgan fingerprint density at radius 1 is 1.12 bits per heavy atom. The lowest BCUT2D eigenvalue weighted by Crippen LogP contribution is -2.60. The third kappa shape index (κ3) is 7.60. The first-order valence-corrected chi connectivity index (χ1v) is 11.8. The molecule has 1 aliphatic heterocycles. The van der Waals surface area contributed by atoms with Crippen LogP contribution in [0.15, 0.2) is 36.4 Å². The summed E-state index contributed by atoms with van der Waals surface area (Å²) in [7, 11) is 1.69. The number of piperidine rings is 1. The number of ether oxygens (including phenoxy) is 1. The van der Waals surface area contributed by atoms with Gasteiger partial charge in [-0.2, -0.15) is 0 Å². The summed E-state index contributed by atoms with van der Waals surface area (Å²) >= 11 is 0. The number of hydrogen-bond donors (Lipinski definition) is 4. The molecule has 0 spiro atoms. The molecule has 7 heteroatoms. The normalized spacial score (nSPS) is 27.9. The van der Waals surface area contributed by atoms with Gasteiger partial charge >= 0.3 is 5.97 Å². The summed E-state index contributed by atoms with van der Waals surface area (Å²) in [5.41, 5.74) is 1.02. The highest BCUT2D eigenvalue weighted by atomic mass is 19.1. The van der Waals surface area contributed by atoms with E-state index < -0.39 is 24.6 Å². The summed E-state index contributed by atoms with van der Waals surface area (Å²) in [4.78, 5) is 10.8. The van der Waals surface area contributed by atoms with E-state index in [0.717, 1.165) is 5.56 Å². The van der Waals surface area contributed by atoms with Crippen LogP contribution in [0.1, 0.15) is 52.0 Å². The van der Waals surface area contributed by atoms with Crippen LogP contribution in [-0.2, 0) is 9.53 Å². The number of carboxylic acids is 1. The van der Waals surface area contributed by atoms with Gasteiger partial charge in [0, 0.05) is 31.5 Å². The molecular weight excluding hydrogens is 425 g/mol. The Hall–Kier alpha value is -1.80. The summed E-state index contributed by atoms with van der Waals surface area (Å²) < 4.78 is 19.3. The molecule has 0 aromatic heterocycles. The van der Waals surface area contributed by atoms with Crippen LogP contribution >= 0.6 is 0 Å². The van der Waals surface area contributed by atoms with Crippen molar-refractivity contribution in [3.63, 3.8) is 0 Å². The second kappa shape index (κ2) is 12.6. The number of aliphatic hydroxyl groups is 2. The van der Waals surface area contributed by atoms with Gasteiger partial charge in [-0.3, -0.25) is 4.79 Å². The summed E-state index contributed by atoms with van der Waals surface area (Å²) in [5, 5.41) is 33.0. The first-order valence-electron chi connectivity index (χ1n) is 11.8. The van der Waals surface area contributed by atoms with Crippen molar-refractivity contribution in [1.29, 1.82) is 0 Å². The molecule has 1 aromatic rings. The minimum Gasteiger partial charge on any atom is -0.481 e. The molecule has 6 unspecified atom stereocenters. The van der Waals surface area contributed by atoms with E-state index in [1.165, 1.54) is 12.1 Å². The zero-order valence-corrected chi connectivity index (χ0v) is 20.3. The molecule has 0 saturated carbocycles. The molecule has 1 aromatic carbocycles. The molecule has 0 aliphatic carbocycles. The average molecular weight is 466 g/mol. The summed E-state index contributed by atoms with van der Waals surface area (Å²) in [5.74, 6) is -0.603. The number of rotatable bonds is 11. The van der Waals surface area contributed by atoms with Crippen LogP contribution < -0.4 is 5.32 Å². The van der Waals surface area contributed by atoms with E-state index in [0.29, 0.717) is 18.4 Å². The molecule has 0 bridgehead atoms. The minimum atomic E-state index is -1.12. The van der Waals surface area contributed by atoms with Crippen LogP contribution in [-0.4, -0.2) is 59.3 Å². The lowest BCUT2D eigenvalue weighted by atomic mass is 9.64. The fraction of sp³-hybridized carbons (Fsp3) is 0.654. The van der Waals surface area contributed by atoms with Gasteiger partial charge in [-0.15, -0.1) is 0 Å². The molecule has 33 heavy (non-hydrogen) atoms. The van der Waals surface area contributed by atoms with Gasteiger partial charge in [0.25, 0.3) is 0 Å². The lowest BCUT2D eigenvalue weighted by Gasteiger charge is -2.50. The summed E-state index contributed by atoms with van der Waals surface area (Å²) in [6, 6.07) is 6.92. The van der Waals surface area contributed by atoms with Gasteiger partial charge in [-0.1, -0.05) is 52.0 Å². The number of aliphatic hydroxyl groups excluding tert-OH is 2. The van der Waals surface area contributed by atoms with Crippen molar-refractivity contribution in [2.45, 2.75) is 70.7 Å². The first kappa shape index (κ1) is 27.4. The third-order valence-electron chi connectivity index (χ3n) is 6.67. The van der Waals surface area contributed by atoms with E-state index in [1.807, 2.05) is 18.2 Å². The fourth-order valence-electron chi connectivity index (χ4n) is 5.21. The van der Waals surface area contributed by atoms with Gasteiger partial charge in [0.05, 0.1) is 25.2 Å². The van der Waals surface area contributed by atoms with Crippen molar-refractivity contribution in [2.75, 3.05) is 13.7 Å². The van der Waals surface area contributed by atoms with Crippen molar-refractivity contribution in [2.24, 2.45) is 23.7 Å². The highest BCUT2D eigenvalue weighted by Crippen LogP contribution is 2.44. The Balaban J connectivity index is 2.44. The van der Waals surface area contributed by atoms with Crippen molar-refractivity contribution in [3.8, 4) is 0 Å². The molecule has 1 fully saturated rings. The Labute approximate surface area is 196 Å². The van der Waals surface area contributed by atoms with Gasteiger partial charge < -0.3 is 25.4 Å². The predicted octanol–water partition coefficient (Wildman–Crippen LogP) is 3.58. The molecule has 0 amide bonds. The van der Waals surface area contributed by atoms with Crippen LogP contribution in [0.4, 0.5) is 4.39 Å². The maximum atomic E-state index is 13.7. The van der Waals surface area contributed by atoms with E-state index in [9.17, 15) is 19.4 Å². The van der Waals surface area contributed by atoms with Crippen LogP contribution in [0.25, 0.3) is 0 Å². The number of nitrogens with one attached hydrogen (secondary N) is 1. The van der Waals surface area contributed by atoms with Crippen LogP contribution in [0.5, 0.6) is 0 Å². The van der Waals surface area contributed by atoms with Crippen LogP contribution in [0, 0.1) is 29.5 Å². The second-order valence-corrected chi connectivity index (χ2v) is 9.92. The molecule has 1 saturated heterocycles. The van der Waals surface area contributed by atoms with Gasteiger partial charge in [0.2, 0.25) is 0 Å². The Kier molecular flexibility index (Phi) is 10.5. The zero-order valence-electron chi connectivity index (χ0n) is 20.3. The quantitative estimate of drug-likeness (QED) is 0.373. The van der Waals surface area contributed by atoms with Crippen LogP contribution in [0.3, 0.4) is 0 Å². The van der Waals surface area contributed by atoms with E-state index >= 15 is 0 Å². The lowest BCUT2D eigenvalue weighted by molar-refractivity contribution is -0.139. The SMILES string of the molecule is COCC1C(C(C)C)NC(C(C)C)C(/C=C/C(O)C[C@@H](O)CC(=O)O)C1c1ccc(F)cc1. The second-order valence-electron chi connectivity index (χ2n) is 9.92. The molecule has 6 nitrogen and oxygen atoms in total. The monoisotopic (exact) mass is 465 g/mol. The van der Waals surface area contributed by atoms with Gasteiger partial charge in [-0.25, -0.2) is 4.39 Å². The van der Waals surface area contributed by atoms with Gasteiger partial charge in [0.1, 0.15) is 5.82 Å². The molecule has 2 rings (SSSR count). The van der Waals surface area contributed by atoms with Crippen molar-refractivity contribution < 1.29 is 29.2 Å². The standard InChI is InChI=1S/C26H40FNO5/c1-15(2)25-21(11-10-19(29)12-20(30)13-23(31)32)24(17-6-8-18(27)9-7-17)22(14-33-5)26(28-25)16(3)4/h6-11,15-16,19-22,24-26,28-30H,12-14H2,1-5H3,(H,31,32)/b11-10+/t19?,20-,21?,22?,24?,25?,26?/m1/s1. The fourth-order valence-corrected chi connectivity index (χ4v) is 5.21. The Morgan fingerprint density at radius 3 is 2.24 bits per heavy atom. The number of hydrogen-bond acceptors (Lipinski definition) is 5. The van der Waals surface area contributed by atoms with Crippen molar-refractivity contribution in [1.82, 2.24) is 5.32 Å². The molecule has 7 atom stereocenters. The van der Waals surface area contributed by atoms with Crippen molar-refractivity contribution >= 4 is 5.97 Å². The van der Waals surface area contributed by atoms with E-state index in [2.05, 4.69) is 33.0 Å². The maximum absolute atomic E-state index is 13.7. The highest BCUT2D eigenvalue weighted by molar-refractivity contribution is 5.67. The highest BCUT2D eigenvalue weighted by Gasteiger charge is 2.45. The van der Waals surface area contributed by atoms with E-state index in [1.54, 1.807) is 13.2 Å². The zero-order chi connectivity index (χ0) is 24.7. The number of halogens is 1. The molecule has 1 aliphatic rings. The van der Waals surface area contributed by atoms with E-state index in [4.69, 9.17) is 9.84 Å². The van der Waals surface area contributed by atoms with Crippen molar-refractivity contribution in [3.05, 3.63) is 47.8 Å². The predicted molar refractivity (Wildman–Crippen MR) is 126 cm³/mol. The largest absolute Gasteiger partial charge is 0.481 e. The van der Waals surface area contributed by atoms with Gasteiger partial charge in [0.15, 0.2) is 0 Å². The third-order valence-corrected chi connectivity index (χ3v) is 6.67. The molecule has 0 radical (unpaired) electrons. The molecule has 186 valence electrons. The first-order chi connectivity index (χ1) is 15.5. The molecule has 1 heterocycles. The average Bonchev–Trinajstić information content (AvgIpc) is 2.72. The number of benzene rings is 1. The summed E-state index contributed by atoms with van der Waals surface area (Å²) in [6.07, 6.45) is 1.09. The van der Waals surface area contributed by atoms with Gasteiger partial charge in [-0.05, 0) is 41.4 Å². The Morgan fingerprint density at radius 2 is 1.73 bits per heavy atom. The smallest absolute Gasteiger partial charge is 0.305 e. The maximum Gasteiger partial charge on any atom is 0.305 e. The Bertz CT molecular complexity index is 766. The number of aliphatic carboxylic acids is 1. The number of carbonyl (C=O) groups is 1. The molecular formula is C26H40FNO5. The molecule has 4 N–H and O–H groups in total. The van der Waals surface area contributed by atoms with Crippen LogP contribution in [0.2, 0.25) is 0 Å². The summed E-state index contributed by atoms with van der Waals surface area (Å²) in [6.45, 7) is 9.21.